The van der Waals surface area contributed by atoms with Crippen molar-refractivity contribution in [3.05, 3.63) is 59.7 Å². The Balaban J connectivity index is 1.34. The summed E-state index contributed by atoms with van der Waals surface area (Å²) in [6.45, 7) is 0.463. The van der Waals surface area contributed by atoms with Crippen LogP contribution in [0.4, 0.5) is 4.79 Å². The molecule has 0 radical (unpaired) electrons. The molecule has 2 aliphatic carbocycles. The molecule has 2 aliphatic rings. The molecule has 1 saturated carbocycles. The number of rotatable bonds is 9. The Morgan fingerprint density at radius 2 is 1.57 bits per heavy atom. The fraction of sp³-hybridized carbons (Fsp3) is 0.444. The van der Waals surface area contributed by atoms with Gasteiger partial charge in [0.15, 0.2) is 0 Å². The number of carbonyl (C=O) groups excluding carboxylic acids is 2. The lowest BCUT2D eigenvalue weighted by Crippen LogP contribution is -2.51. The van der Waals surface area contributed by atoms with E-state index < -0.39 is 18.1 Å². The van der Waals surface area contributed by atoms with E-state index in [4.69, 9.17) is 14.6 Å². The number of benzene rings is 2. The van der Waals surface area contributed by atoms with Crippen molar-refractivity contribution in [3.8, 4) is 11.1 Å². The Bertz CT molecular complexity index is 1020. The summed E-state index contributed by atoms with van der Waals surface area (Å²) in [7, 11) is 1.54. The zero-order valence-electron chi connectivity index (χ0n) is 19.9. The van der Waals surface area contributed by atoms with E-state index in [-0.39, 0.29) is 30.4 Å². The maximum absolute atomic E-state index is 12.9. The van der Waals surface area contributed by atoms with E-state index in [9.17, 15) is 14.4 Å². The first-order valence-corrected chi connectivity index (χ1v) is 12.1. The number of fused-ring (bicyclic) bond motifs is 3. The Hall–Kier alpha value is -3.39. The second-order valence-corrected chi connectivity index (χ2v) is 9.20. The molecule has 2 aromatic rings. The second-order valence-electron chi connectivity index (χ2n) is 9.20. The molecule has 1 fully saturated rings. The van der Waals surface area contributed by atoms with Gasteiger partial charge >= 0.3 is 12.1 Å². The molecule has 1 unspecified atom stereocenters. The first-order chi connectivity index (χ1) is 17.0. The second kappa shape index (κ2) is 11.4. The quantitative estimate of drug-likeness (QED) is 0.504. The average molecular weight is 481 g/mol. The van der Waals surface area contributed by atoms with Crippen LogP contribution in [0, 0.1) is 5.92 Å². The van der Waals surface area contributed by atoms with Gasteiger partial charge in [0.05, 0.1) is 5.92 Å². The smallest absolute Gasteiger partial charge is 0.407 e. The minimum Gasteiger partial charge on any atom is -0.481 e. The maximum Gasteiger partial charge on any atom is 0.407 e. The standard InChI is InChI=1S/C27H32N2O6/c1-34-15-14-24(25(30)28-18-12-10-17(11-13-18)26(31)32)29-27(33)35-16-23-21-8-4-2-6-19(21)20-7-3-5-9-22(20)23/h2-9,17-18,23-24H,10-16H2,1H3,(H,28,30)(H,29,33)(H,31,32). The molecule has 0 aromatic heterocycles. The minimum absolute atomic E-state index is 0.0659. The predicted octanol–water partition coefficient (Wildman–Crippen LogP) is 3.69. The van der Waals surface area contributed by atoms with Gasteiger partial charge < -0.3 is 25.2 Å². The van der Waals surface area contributed by atoms with Gasteiger partial charge in [0.2, 0.25) is 5.91 Å². The van der Waals surface area contributed by atoms with Crippen LogP contribution < -0.4 is 10.6 Å². The normalized spacial score (nSPS) is 19.8. The van der Waals surface area contributed by atoms with Crippen LogP contribution in [-0.4, -0.2) is 55.5 Å². The SMILES string of the molecule is COCCC(NC(=O)OCC1c2ccccc2-c2ccccc21)C(=O)NC1CCC(C(=O)O)CC1. The highest BCUT2D eigenvalue weighted by Gasteiger charge is 2.31. The molecular formula is C27H32N2O6. The fourth-order valence-corrected chi connectivity index (χ4v) is 5.07. The topological polar surface area (TPSA) is 114 Å². The highest BCUT2D eigenvalue weighted by Crippen LogP contribution is 2.44. The molecule has 0 heterocycles. The van der Waals surface area contributed by atoms with Crippen LogP contribution in [0.1, 0.15) is 49.1 Å². The van der Waals surface area contributed by atoms with Crippen molar-refractivity contribution in [2.24, 2.45) is 5.92 Å². The van der Waals surface area contributed by atoms with Crippen LogP contribution in [0.15, 0.2) is 48.5 Å². The van der Waals surface area contributed by atoms with Crippen molar-refractivity contribution in [1.29, 1.82) is 0 Å². The van der Waals surface area contributed by atoms with Crippen LogP contribution in [0.5, 0.6) is 0 Å². The van der Waals surface area contributed by atoms with Crippen LogP contribution in [0.2, 0.25) is 0 Å². The number of amides is 2. The van der Waals surface area contributed by atoms with Crippen molar-refractivity contribution in [2.45, 2.75) is 50.1 Å². The van der Waals surface area contributed by atoms with Gasteiger partial charge in [0.1, 0.15) is 12.6 Å². The number of ether oxygens (including phenoxy) is 2. The van der Waals surface area contributed by atoms with E-state index in [2.05, 4.69) is 34.9 Å². The van der Waals surface area contributed by atoms with Crippen molar-refractivity contribution < 1.29 is 29.0 Å². The van der Waals surface area contributed by atoms with Crippen LogP contribution in [-0.2, 0) is 19.1 Å². The van der Waals surface area contributed by atoms with Gasteiger partial charge in [-0.05, 0) is 47.9 Å². The third-order valence-electron chi connectivity index (χ3n) is 6.99. The average Bonchev–Trinajstić information content (AvgIpc) is 3.19. The number of carbonyl (C=O) groups is 3. The van der Waals surface area contributed by atoms with E-state index in [1.807, 2.05) is 24.3 Å². The van der Waals surface area contributed by atoms with E-state index in [1.54, 1.807) is 0 Å². The molecule has 4 rings (SSSR count). The summed E-state index contributed by atoms with van der Waals surface area (Å²) in [6.07, 6.45) is 1.91. The van der Waals surface area contributed by atoms with Crippen LogP contribution >= 0.6 is 0 Å². The van der Waals surface area contributed by atoms with E-state index in [0.29, 0.717) is 38.7 Å². The lowest BCUT2D eigenvalue weighted by Gasteiger charge is -2.28. The number of aliphatic carboxylic acids is 1. The molecular weight excluding hydrogens is 448 g/mol. The maximum atomic E-state index is 12.9. The first-order valence-electron chi connectivity index (χ1n) is 12.1. The third kappa shape index (κ3) is 5.82. The number of hydrogen-bond acceptors (Lipinski definition) is 5. The molecule has 0 saturated heterocycles. The summed E-state index contributed by atoms with van der Waals surface area (Å²) in [4.78, 5) is 36.8. The molecule has 1 atom stereocenters. The van der Waals surface area contributed by atoms with Gasteiger partial charge in [-0.15, -0.1) is 0 Å². The highest BCUT2D eigenvalue weighted by molar-refractivity contribution is 5.86. The van der Waals surface area contributed by atoms with Gasteiger partial charge in [0.25, 0.3) is 0 Å². The lowest BCUT2D eigenvalue weighted by molar-refractivity contribution is -0.142. The summed E-state index contributed by atoms with van der Waals surface area (Å²) in [6, 6.07) is 15.3. The molecule has 2 amide bonds. The van der Waals surface area contributed by atoms with E-state index >= 15 is 0 Å². The molecule has 0 bridgehead atoms. The molecule has 0 aliphatic heterocycles. The van der Waals surface area contributed by atoms with Crippen molar-refractivity contribution >= 4 is 18.0 Å². The summed E-state index contributed by atoms with van der Waals surface area (Å²) >= 11 is 0. The predicted molar refractivity (Wildman–Crippen MR) is 130 cm³/mol. The van der Waals surface area contributed by atoms with Gasteiger partial charge in [0, 0.05) is 32.1 Å². The zero-order chi connectivity index (χ0) is 24.8. The molecule has 8 heteroatoms. The molecule has 186 valence electrons. The Kier molecular flexibility index (Phi) is 8.02. The summed E-state index contributed by atoms with van der Waals surface area (Å²) in [5.41, 5.74) is 4.53. The van der Waals surface area contributed by atoms with E-state index in [0.717, 1.165) is 22.3 Å². The monoisotopic (exact) mass is 480 g/mol. The molecule has 3 N–H and O–H groups in total. The zero-order valence-corrected chi connectivity index (χ0v) is 19.9. The van der Waals surface area contributed by atoms with Gasteiger partial charge in [-0.25, -0.2) is 4.79 Å². The molecule has 0 spiro atoms. The fourth-order valence-electron chi connectivity index (χ4n) is 5.07. The molecule has 2 aromatic carbocycles. The van der Waals surface area contributed by atoms with Gasteiger partial charge in [-0.1, -0.05) is 48.5 Å². The molecule has 35 heavy (non-hydrogen) atoms. The van der Waals surface area contributed by atoms with Gasteiger partial charge in [-0.3, -0.25) is 9.59 Å². The number of methoxy groups -OCH3 is 1. The lowest BCUT2D eigenvalue weighted by atomic mass is 9.86. The summed E-state index contributed by atoms with van der Waals surface area (Å²) in [5.74, 6) is -1.52. The minimum atomic E-state index is -0.803. The number of carboxylic acid groups (broad SMARTS) is 1. The Morgan fingerprint density at radius 3 is 2.14 bits per heavy atom. The van der Waals surface area contributed by atoms with Crippen molar-refractivity contribution in [3.63, 3.8) is 0 Å². The first kappa shape index (κ1) is 24.7. The number of hydrogen-bond donors (Lipinski definition) is 3. The largest absolute Gasteiger partial charge is 0.481 e. The highest BCUT2D eigenvalue weighted by atomic mass is 16.5. The Labute approximate surface area is 205 Å². The molecule has 8 nitrogen and oxygen atoms in total. The number of carboxylic acids is 1. The van der Waals surface area contributed by atoms with Crippen LogP contribution in [0.25, 0.3) is 11.1 Å². The summed E-state index contributed by atoms with van der Waals surface area (Å²) < 4.78 is 10.7. The Morgan fingerprint density at radius 1 is 0.971 bits per heavy atom. The number of nitrogens with one attached hydrogen (secondary N) is 2. The van der Waals surface area contributed by atoms with Crippen LogP contribution in [0.3, 0.4) is 0 Å². The summed E-state index contributed by atoms with van der Waals surface area (Å²) in [5, 5.41) is 14.8. The third-order valence-corrected chi connectivity index (χ3v) is 6.99. The van der Waals surface area contributed by atoms with Crippen molar-refractivity contribution in [2.75, 3.05) is 20.3 Å². The number of alkyl carbamates (subject to hydrolysis) is 1. The van der Waals surface area contributed by atoms with Gasteiger partial charge in [-0.2, -0.15) is 0 Å². The van der Waals surface area contributed by atoms with Crippen molar-refractivity contribution in [1.82, 2.24) is 10.6 Å². The van der Waals surface area contributed by atoms with E-state index in [1.165, 1.54) is 7.11 Å².